The van der Waals surface area contributed by atoms with Gasteiger partial charge in [-0.15, -0.1) is 0 Å². The lowest BCUT2D eigenvalue weighted by atomic mass is 10.2. The van der Waals surface area contributed by atoms with Crippen LogP contribution in [0.5, 0.6) is 5.75 Å². The predicted octanol–water partition coefficient (Wildman–Crippen LogP) is 3.58. The maximum absolute atomic E-state index is 12.6. The van der Waals surface area contributed by atoms with Gasteiger partial charge in [-0.3, -0.25) is 14.5 Å². The summed E-state index contributed by atoms with van der Waals surface area (Å²) in [5.41, 5.74) is 0.562. The second-order valence-corrected chi connectivity index (χ2v) is 7.96. The molecule has 0 bridgehead atoms. The van der Waals surface area contributed by atoms with Gasteiger partial charge in [0.1, 0.15) is 22.2 Å². The van der Waals surface area contributed by atoms with Crippen molar-refractivity contribution in [3.05, 3.63) is 63.5 Å². The van der Waals surface area contributed by atoms with Crippen molar-refractivity contribution in [3.63, 3.8) is 0 Å². The number of carbonyl (C=O) groups excluding carboxylic acids is 2. The molecular weight excluding hydrogens is 436 g/mol. The van der Waals surface area contributed by atoms with Crippen molar-refractivity contribution < 1.29 is 24.6 Å². The van der Waals surface area contributed by atoms with Gasteiger partial charge in [-0.25, -0.2) is 4.79 Å². The summed E-state index contributed by atoms with van der Waals surface area (Å²) >= 11 is 12.4. The van der Waals surface area contributed by atoms with Crippen molar-refractivity contribution in [1.29, 1.82) is 0 Å². The Bertz CT molecular complexity index is 1070. The number of amides is 2. The number of carboxylic acid groups (broad SMARTS) is 1. The summed E-state index contributed by atoms with van der Waals surface area (Å²) in [6.45, 7) is -0.327. The van der Waals surface area contributed by atoms with Crippen molar-refractivity contribution in [1.82, 2.24) is 4.90 Å². The number of anilines is 1. The minimum atomic E-state index is -1.29. The number of nitrogens with one attached hydrogen (secondary N) is 1. The van der Waals surface area contributed by atoms with Crippen LogP contribution in [0.4, 0.5) is 5.69 Å². The largest absolute Gasteiger partial charge is 0.507 e. The topological polar surface area (TPSA) is 107 Å². The van der Waals surface area contributed by atoms with E-state index in [0.29, 0.717) is 15.5 Å². The Balaban J connectivity index is 1.70. The standard InChI is InChI=1S/C19H13ClN2O5S2/c20-13-4-2-1-3-10(13)7-15-17(25)22(19(28)29-15)9-16(24)21-11-5-6-12(18(26)27)14(23)8-11/h1-8,23H,9H2,(H,21,24)(H,26,27). The molecule has 1 aliphatic rings. The van der Waals surface area contributed by atoms with Crippen LogP contribution in [0.3, 0.4) is 0 Å². The van der Waals surface area contributed by atoms with Crippen molar-refractivity contribution in [2.45, 2.75) is 0 Å². The maximum atomic E-state index is 12.6. The third-order valence-corrected chi connectivity index (χ3v) is 5.60. The van der Waals surface area contributed by atoms with Crippen molar-refractivity contribution in [2.75, 3.05) is 11.9 Å². The highest BCUT2D eigenvalue weighted by atomic mass is 35.5. The number of benzene rings is 2. The zero-order chi connectivity index (χ0) is 21.1. The molecule has 3 rings (SSSR count). The normalized spacial score (nSPS) is 15.1. The molecule has 10 heteroatoms. The molecule has 0 aromatic heterocycles. The number of aromatic hydroxyl groups is 1. The van der Waals surface area contributed by atoms with Gasteiger partial charge in [-0.05, 0) is 29.8 Å². The molecule has 1 aliphatic heterocycles. The molecule has 0 saturated carbocycles. The van der Waals surface area contributed by atoms with E-state index in [0.717, 1.165) is 22.7 Å². The van der Waals surface area contributed by atoms with Crippen LogP contribution in [0.1, 0.15) is 15.9 Å². The second kappa shape index (κ2) is 8.64. The van der Waals surface area contributed by atoms with Crippen molar-refractivity contribution >= 4 is 69.4 Å². The van der Waals surface area contributed by atoms with Crippen LogP contribution in [0, 0.1) is 0 Å². The fourth-order valence-corrected chi connectivity index (χ4v) is 3.94. The van der Waals surface area contributed by atoms with E-state index in [-0.39, 0.29) is 22.1 Å². The lowest BCUT2D eigenvalue weighted by molar-refractivity contribution is -0.126. The van der Waals surface area contributed by atoms with Crippen LogP contribution in [-0.2, 0) is 9.59 Å². The highest BCUT2D eigenvalue weighted by Crippen LogP contribution is 2.33. The van der Waals surface area contributed by atoms with Gasteiger partial charge in [0.25, 0.3) is 5.91 Å². The molecule has 0 aliphatic carbocycles. The zero-order valence-corrected chi connectivity index (χ0v) is 17.0. The molecule has 0 radical (unpaired) electrons. The van der Waals surface area contributed by atoms with Crippen molar-refractivity contribution in [3.8, 4) is 5.75 Å². The molecular formula is C19H13ClN2O5S2. The summed E-state index contributed by atoms with van der Waals surface area (Å²) in [6.07, 6.45) is 1.61. The number of hydrogen-bond acceptors (Lipinski definition) is 6. The second-order valence-electron chi connectivity index (χ2n) is 5.87. The van der Waals surface area contributed by atoms with Crippen LogP contribution < -0.4 is 5.32 Å². The highest BCUT2D eigenvalue weighted by molar-refractivity contribution is 8.26. The van der Waals surface area contributed by atoms with E-state index in [9.17, 15) is 19.5 Å². The first-order valence-corrected chi connectivity index (χ1v) is 9.72. The summed E-state index contributed by atoms with van der Waals surface area (Å²) in [4.78, 5) is 37.3. The Hall–Kier alpha value is -2.88. The molecule has 2 aromatic carbocycles. The SMILES string of the molecule is O=C(CN1C(=O)C(=Cc2ccccc2Cl)SC1=S)Nc1ccc(C(=O)O)c(O)c1. The number of carbonyl (C=O) groups is 3. The Morgan fingerprint density at radius 3 is 2.62 bits per heavy atom. The third-order valence-electron chi connectivity index (χ3n) is 3.88. The molecule has 2 amide bonds. The van der Waals surface area contributed by atoms with E-state index in [4.69, 9.17) is 28.9 Å². The Kier molecular flexibility index (Phi) is 6.21. The molecule has 0 atom stereocenters. The van der Waals surface area contributed by atoms with E-state index in [2.05, 4.69) is 5.32 Å². The quantitative estimate of drug-likeness (QED) is 0.474. The molecule has 29 heavy (non-hydrogen) atoms. The Morgan fingerprint density at radius 1 is 1.24 bits per heavy atom. The van der Waals surface area contributed by atoms with Gasteiger partial charge in [0.15, 0.2) is 0 Å². The van der Waals surface area contributed by atoms with Gasteiger partial charge in [0.2, 0.25) is 5.91 Å². The molecule has 1 heterocycles. The predicted molar refractivity (Wildman–Crippen MR) is 115 cm³/mol. The molecule has 1 fully saturated rings. The Labute approximate surface area is 180 Å². The summed E-state index contributed by atoms with van der Waals surface area (Å²) in [5, 5.41) is 21.6. The number of nitrogens with zero attached hydrogens (tertiary/aromatic N) is 1. The van der Waals surface area contributed by atoms with Crippen LogP contribution in [-0.4, -0.2) is 43.8 Å². The lowest BCUT2D eigenvalue weighted by Gasteiger charge is -2.14. The molecule has 0 spiro atoms. The van der Waals surface area contributed by atoms with E-state index in [1.807, 2.05) is 0 Å². The fraction of sp³-hybridized carbons (Fsp3) is 0.0526. The van der Waals surface area contributed by atoms with Gasteiger partial charge in [0, 0.05) is 16.8 Å². The Morgan fingerprint density at radius 2 is 1.97 bits per heavy atom. The number of hydrogen-bond donors (Lipinski definition) is 3. The molecule has 1 saturated heterocycles. The highest BCUT2D eigenvalue weighted by Gasteiger charge is 2.33. The minimum absolute atomic E-state index is 0.189. The average Bonchev–Trinajstić information content (AvgIpc) is 2.91. The van der Waals surface area contributed by atoms with E-state index < -0.39 is 23.5 Å². The molecule has 2 aromatic rings. The van der Waals surface area contributed by atoms with Gasteiger partial charge in [0.05, 0.1) is 4.91 Å². The van der Waals surface area contributed by atoms with Crippen LogP contribution >= 0.6 is 35.6 Å². The number of halogens is 1. The molecule has 148 valence electrons. The van der Waals surface area contributed by atoms with Gasteiger partial charge in [-0.2, -0.15) is 0 Å². The van der Waals surface area contributed by atoms with Gasteiger partial charge >= 0.3 is 5.97 Å². The van der Waals surface area contributed by atoms with Crippen molar-refractivity contribution in [2.24, 2.45) is 0 Å². The van der Waals surface area contributed by atoms with E-state index in [1.165, 1.54) is 12.1 Å². The first-order valence-electron chi connectivity index (χ1n) is 8.12. The first kappa shape index (κ1) is 20.8. The van der Waals surface area contributed by atoms with Crippen LogP contribution in [0.15, 0.2) is 47.4 Å². The maximum Gasteiger partial charge on any atom is 0.339 e. The van der Waals surface area contributed by atoms with Gasteiger partial charge < -0.3 is 15.5 Å². The summed E-state index contributed by atoms with van der Waals surface area (Å²) < 4.78 is 0.229. The smallest absolute Gasteiger partial charge is 0.339 e. The monoisotopic (exact) mass is 448 g/mol. The number of thioether (sulfide) groups is 1. The molecule has 3 N–H and O–H groups in total. The third kappa shape index (κ3) is 4.76. The summed E-state index contributed by atoms with van der Waals surface area (Å²) in [7, 11) is 0. The van der Waals surface area contributed by atoms with E-state index >= 15 is 0 Å². The number of rotatable bonds is 5. The van der Waals surface area contributed by atoms with E-state index in [1.54, 1.807) is 30.3 Å². The lowest BCUT2D eigenvalue weighted by Crippen LogP contribution is -2.36. The fourth-order valence-electron chi connectivity index (χ4n) is 2.50. The number of carboxylic acids is 1. The van der Waals surface area contributed by atoms with Crippen LogP contribution in [0.2, 0.25) is 5.02 Å². The minimum Gasteiger partial charge on any atom is -0.507 e. The molecule has 0 unspecified atom stereocenters. The first-order chi connectivity index (χ1) is 13.8. The number of phenols is 1. The summed E-state index contributed by atoms with van der Waals surface area (Å²) in [6, 6.07) is 10.6. The number of thiocarbonyl (C=S) groups is 1. The average molecular weight is 449 g/mol. The molecule has 7 nitrogen and oxygen atoms in total. The number of aromatic carboxylic acids is 1. The van der Waals surface area contributed by atoms with Crippen LogP contribution in [0.25, 0.3) is 6.08 Å². The summed E-state index contributed by atoms with van der Waals surface area (Å²) in [5.74, 6) is -2.74. The van der Waals surface area contributed by atoms with Gasteiger partial charge in [-0.1, -0.05) is 53.8 Å². The zero-order valence-electron chi connectivity index (χ0n) is 14.6.